The molecule has 2 unspecified atom stereocenters. The Morgan fingerprint density at radius 3 is 2.90 bits per heavy atom. The van der Waals surface area contributed by atoms with Gasteiger partial charge in [0.25, 0.3) is 0 Å². The van der Waals surface area contributed by atoms with E-state index >= 15 is 0 Å². The maximum atomic E-state index is 11.9. The number of rotatable bonds is 6. The Bertz CT molecular complexity index is 305. The zero-order valence-electron chi connectivity index (χ0n) is 12.5. The molecule has 5 heteroatoms. The largest absolute Gasteiger partial charge is 0.465 e. The normalized spacial score (nSPS) is 26.6. The number of ether oxygens (including phenoxy) is 1. The Hall–Kier alpha value is -0.650. The minimum Gasteiger partial charge on any atom is -0.465 e. The fraction of sp³-hybridized carbons (Fsp3) is 0.933. The second-order valence-electron chi connectivity index (χ2n) is 6.01. The van der Waals surface area contributed by atoms with Gasteiger partial charge in [-0.3, -0.25) is 9.69 Å². The fourth-order valence-corrected chi connectivity index (χ4v) is 3.41. The van der Waals surface area contributed by atoms with Crippen molar-refractivity contribution in [2.24, 2.45) is 5.92 Å². The van der Waals surface area contributed by atoms with Crippen LogP contribution in [0.3, 0.4) is 0 Å². The van der Waals surface area contributed by atoms with Crippen molar-refractivity contribution in [2.75, 3.05) is 32.8 Å². The highest BCUT2D eigenvalue weighted by molar-refractivity contribution is 5.76. The first kappa shape index (κ1) is 15.7. The molecule has 0 aromatic heterocycles. The second-order valence-corrected chi connectivity index (χ2v) is 6.01. The van der Waals surface area contributed by atoms with E-state index in [0.29, 0.717) is 25.6 Å². The molecule has 116 valence electrons. The first-order valence-corrected chi connectivity index (χ1v) is 8.00. The van der Waals surface area contributed by atoms with Crippen molar-refractivity contribution in [3.8, 4) is 0 Å². The summed E-state index contributed by atoms with van der Waals surface area (Å²) in [6.07, 6.45) is 5.65. The lowest BCUT2D eigenvalue weighted by Crippen LogP contribution is -2.57. The summed E-state index contributed by atoms with van der Waals surface area (Å²) in [4.78, 5) is 14.0. The SMILES string of the molecule is CCOC(=O)C1CNCCN1CC(O)CC1CCCC1. The predicted molar refractivity (Wildman–Crippen MR) is 77.4 cm³/mol. The van der Waals surface area contributed by atoms with E-state index in [1.165, 1.54) is 25.7 Å². The van der Waals surface area contributed by atoms with Crippen molar-refractivity contribution in [1.29, 1.82) is 0 Å². The molecule has 0 aromatic rings. The predicted octanol–water partition coefficient (Wildman–Crippen LogP) is 0.765. The summed E-state index contributed by atoms with van der Waals surface area (Å²) in [6.45, 7) is 5.11. The van der Waals surface area contributed by atoms with Gasteiger partial charge in [-0.15, -0.1) is 0 Å². The number of carbonyl (C=O) groups is 1. The third-order valence-corrected chi connectivity index (χ3v) is 4.44. The molecule has 1 aliphatic carbocycles. The van der Waals surface area contributed by atoms with E-state index < -0.39 is 0 Å². The maximum absolute atomic E-state index is 11.9. The third-order valence-electron chi connectivity index (χ3n) is 4.44. The van der Waals surface area contributed by atoms with Gasteiger partial charge in [-0.05, 0) is 19.3 Å². The smallest absolute Gasteiger partial charge is 0.324 e. The van der Waals surface area contributed by atoms with E-state index in [4.69, 9.17) is 4.74 Å². The van der Waals surface area contributed by atoms with Crippen LogP contribution in [-0.2, 0) is 9.53 Å². The highest BCUT2D eigenvalue weighted by Crippen LogP contribution is 2.28. The van der Waals surface area contributed by atoms with Gasteiger partial charge in [0, 0.05) is 26.2 Å². The minimum atomic E-state index is -0.326. The maximum Gasteiger partial charge on any atom is 0.324 e. The van der Waals surface area contributed by atoms with Crippen LogP contribution in [0.5, 0.6) is 0 Å². The second kappa shape index (κ2) is 7.96. The van der Waals surface area contributed by atoms with Crippen molar-refractivity contribution in [3.63, 3.8) is 0 Å². The van der Waals surface area contributed by atoms with Crippen LogP contribution in [0.4, 0.5) is 0 Å². The van der Waals surface area contributed by atoms with Crippen LogP contribution in [0, 0.1) is 5.92 Å². The van der Waals surface area contributed by atoms with Crippen LogP contribution >= 0.6 is 0 Å². The molecule has 1 saturated heterocycles. The van der Waals surface area contributed by atoms with E-state index in [-0.39, 0.29) is 18.1 Å². The summed E-state index contributed by atoms with van der Waals surface area (Å²) in [5.41, 5.74) is 0. The van der Waals surface area contributed by atoms with E-state index in [1.807, 2.05) is 6.92 Å². The average Bonchev–Trinajstić information content (AvgIpc) is 2.92. The summed E-state index contributed by atoms with van der Waals surface area (Å²) in [5, 5.41) is 13.5. The zero-order chi connectivity index (χ0) is 14.4. The van der Waals surface area contributed by atoms with E-state index in [0.717, 1.165) is 19.5 Å². The molecule has 2 N–H and O–H groups in total. The molecule has 5 nitrogen and oxygen atoms in total. The topological polar surface area (TPSA) is 61.8 Å². The summed E-state index contributed by atoms with van der Waals surface area (Å²) >= 11 is 0. The molecule has 0 bridgehead atoms. The summed E-state index contributed by atoms with van der Waals surface area (Å²) < 4.78 is 5.12. The highest BCUT2D eigenvalue weighted by atomic mass is 16.5. The molecular formula is C15H28N2O3. The molecule has 1 aliphatic heterocycles. The van der Waals surface area contributed by atoms with Crippen LogP contribution in [0.2, 0.25) is 0 Å². The van der Waals surface area contributed by atoms with Gasteiger partial charge in [0.05, 0.1) is 12.7 Å². The van der Waals surface area contributed by atoms with E-state index in [1.54, 1.807) is 0 Å². The van der Waals surface area contributed by atoms with Crippen molar-refractivity contribution < 1.29 is 14.6 Å². The molecule has 1 heterocycles. The number of β-amino-alcohol motifs (C(OH)–C–C–N with tert-alkyl or cyclic N) is 1. The molecule has 0 aromatic carbocycles. The molecule has 2 aliphatic rings. The molecule has 0 amide bonds. The van der Waals surface area contributed by atoms with Crippen LogP contribution in [-0.4, -0.2) is 60.9 Å². The number of nitrogens with zero attached hydrogens (tertiary/aromatic N) is 1. The van der Waals surface area contributed by atoms with E-state index in [2.05, 4.69) is 10.2 Å². The molecule has 1 saturated carbocycles. The molecule has 0 spiro atoms. The number of aliphatic hydroxyl groups excluding tert-OH is 1. The highest BCUT2D eigenvalue weighted by Gasteiger charge is 2.31. The monoisotopic (exact) mass is 284 g/mol. The van der Waals surface area contributed by atoms with Gasteiger partial charge in [0.1, 0.15) is 6.04 Å². The van der Waals surface area contributed by atoms with Gasteiger partial charge in [-0.1, -0.05) is 25.7 Å². The molecule has 20 heavy (non-hydrogen) atoms. The van der Waals surface area contributed by atoms with Gasteiger partial charge in [-0.2, -0.15) is 0 Å². The Kier molecular flexibility index (Phi) is 6.26. The molecule has 0 radical (unpaired) electrons. The van der Waals surface area contributed by atoms with Gasteiger partial charge >= 0.3 is 5.97 Å². The summed E-state index contributed by atoms with van der Waals surface area (Å²) in [5.74, 6) is 0.502. The van der Waals surface area contributed by atoms with Gasteiger partial charge in [0.15, 0.2) is 0 Å². The number of nitrogens with one attached hydrogen (secondary N) is 1. The van der Waals surface area contributed by atoms with E-state index in [9.17, 15) is 9.90 Å². The zero-order valence-corrected chi connectivity index (χ0v) is 12.5. The summed E-state index contributed by atoms with van der Waals surface area (Å²) in [6, 6.07) is -0.248. The van der Waals surface area contributed by atoms with Crippen LogP contribution in [0.25, 0.3) is 0 Å². The van der Waals surface area contributed by atoms with Crippen LogP contribution < -0.4 is 5.32 Å². The lowest BCUT2D eigenvalue weighted by Gasteiger charge is -2.36. The van der Waals surface area contributed by atoms with Gasteiger partial charge in [-0.25, -0.2) is 0 Å². The molecule has 2 fully saturated rings. The quantitative estimate of drug-likeness (QED) is 0.705. The third kappa shape index (κ3) is 4.43. The van der Waals surface area contributed by atoms with Crippen molar-refractivity contribution in [2.45, 2.75) is 51.2 Å². The number of esters is 1. The number of carbonyl (C=O) groups excluding carboxylic acids is 1. The summed E-state index contributed by atoms with van der Waals surface area (Å²) in [7, 11) is 0. The van der Waals surface area contributed by atoms with Crippen molar-refractivity contribution in [1.82, 2.24) is 10.2 Å². The molecule has 2 rings (SSSR count). The molecule has 2 atom stereocenters. The first-order valence-electron chi connectivity index (χ1n) is 8.00. The lowest BCUT2D eigenvalue weighted by molar-refractivity contribution is -0.150. The number of aliphatic hydroxyl groups is 1. The average molecular weight is 284 g/mol. The standard InChI is InChI=1S/C15H28N2O3/c1-2-20-15(19)14-10-16-7-8-17(14)11-13(18)9-12-5-3-4-6-12/h12-14,16,18H,2-11H2,1H3. The Labute approximate surface area is 121 Å². The van der Waals surface area contributed by atoms with Crippen LogP contribution in [0.1, 0.15) is 39.0 Å². The van der Waals surface area contributed by atoms with Gasteiger partial charge in [0.2, 0.25) is 0 Å². The molecular weight excluding hydrogens is 256 g/mol. The Balaban J connectivity index is 1.82. The number of hydrogen-bond donors (Lipinski definition) is 2. The lowest BCUT2D eigenvalue weighted by atomic mass is 9.99. The fourth-order valence-electron chi connectivity index (χ4n) is 3.41. The van der Waals surface area contributed by atoms with Crippen molar-refractivity contribution >= 4 is 5.97 Å². The number of piperazine rings is 1. The van der Waals surface area contributed by atoms with Gasteiger partial charge < -0.3 is 15.2 Å². The van der Waals surface area contributed by atoms with Crippen molar-refractivity contribution in [3.05, 3.63) is 0 Å². The Morgan fingerprint density at radius 1 is 1.45 bits per heavy atom. The minimum absolute atomic E-state index is 0.173. The number of hydrogen-bond acceptors (Lipinski definition) is 5. The first-order chi connectivity index (χ1) is 9.70. The Morgan fingerprint density at radius 2 is 2.20 bits per heavy atom. The van der Waals surface area contributed by atoms with Crippen LogP contribution in [0.15, 0.2) is 0 Å².